The van der Waals surface area contributed by atoms with Crippen molar-refractivity contribution in [3.63, 3.8) is 0 Å². The second kappa shape index (κ2) is 10.5. The fraction of sp³-hybridized carbons (Fsp3) is 0.208. The zero-order valence-electron chi connectivity index (χ0n) is 17.7. The van der Waals surface area contributed by atoms with Crippen molar-refractivity contribution in [1.29, 1.82) is 0 Å². The maximum atomic E-state index is 12.2. The van der Waals surface area contributed by atoms with E-state index in [-0.39, 0.29) is 17.7 Å². The van der Waals surface area contributed by atoms with E-state index in [9.17, 15) is 9.59 Å². The van der Waals surface area contributed by atoms with Crippen LogP contribution in [0.2, 0.25) is 0 Å². The third kappa shape index (κ3) is 7.08. The van der Waals surface area contributed by atoms with E-state index >= 15 is 0 Å². The summed E-state index contributed by atoms with van der Waals surface area (Å²) in [5.41, 5.74) is 3.15. The molecular formula is C24H25N3O3S. The van der Waals surface area contributed by atoms with Gasteiger partial charge in [0.2, 0.25) is 11.8 Å². The number of aryl methyl sites for hydroxylation is 1. The molecule has 0 unspecified atom stereocenters. The molecule has 0 saturated carbocycles. The molecule has 0 aliphatic heterocycles. The highest BCUT2D eigenvalue weighted by Crippen LogP contribution is 2.17. The Bertz CT molecular complexity index is 1050. The molecular weight excluding hydrogens is 410 g/mol. The SMILES string of the molecule is Cc1nc(COc2ccc(/C=C/C(=O)Nc3ccc(NC(=O)C(C)C)cc3)cc2)cs1. The molecule has 160 valence electrons. The first-order valence-corrected chi connectivity index (χ1v) is 10.8. The Labute approximate surface area is 186 Å². The molecule has 2 N–H and O–H groups in total. The number of carbonyl (C=O) groups excluding carboxylic acids is 2. The Morgan fingerprint density at radius 2 is 1.68 bits per heavy atom. The lowest BCUT2D eigenvalue weighted by molar-refractivity contribution is -0.119. The van der Waals surface area contributed by atoms with Crippen LogP contribution in [-0.4, -0.2) is 16.8 Å². The van der Waals surface area contributed by atoms with Crippen molar-refractivity contribution in [3.05, 3.63) is 76.3 Å². The third-order valence-corrected chi connectivity index (χ3v) is 5.13. The Morgan fingerprint density at radius 3 is 2.26 bits per heavy atom. The molecule has 0 aliphatic carbocycles. The van der Waals surface area contributed by atoms with E-state index in [0.717, 1.165) is 22.0 Å². The van der Waals surface area contributed by atoms with Gasteiger partial charge in [0.25, 0.3) is 0 Å². The molecule has 0 saturated heterocycles. The number of hydrogen-bond acceptors (Lipinski definition) is 5. The molecule has 0 fully saturated rings. The summed E-state index contributed by atoms with van der Waals surface area (Å²) >= 11 is 1.60. The van der Waals surface area contributed by atoms with E-state index in [1.807, 2.05) is 50.4 Å². The molecule has 6 nitrogen and oxygen atoms in total. The molecule has 0 spiro atoms. The van der Waals surface area contributed by atoms with Crippen LogP contribution in [0, 0.1) is 12.8 Å². The molecule has 2 amide bonds. The topological polar surface area (TPSA) is 80.3 Å². The number of nitrogens with one attached hydrogen (secondary N) is 2. The van der Waals surface area contributed by atoms with Gasteiger partial charge in [-0.2, -0.15) is 0 Å². The summed E-state index contributed by atoms with van der Waals surface area (Å²) < 4.78 is 5.73. The molecule has 3 aromatic rings. The van der Waals surface area contributed by atoms with E-state index in [1.54, 1.807) is 41.7 Å². The molecule has 0 bridgehead atoms. The van der Waals surface area contributed by atoms with E-state index in [2.05, 4.69) is 15.6 Å². The van der Waals surface area contributed by atoms with Crippen molar-refractivity contribution in [2.75, 3.05) is 10.6 Å². The summed E-state index contributed by atoms with van der Waals surface area (Å²) in [6.45, 7) is 6.07. The van der Waals surface area contributed by atoms with Crippen LogP contribution >= 0.6 is 11.3 Å². The van der Waals surface area contributed by atoms with Crippen molar-refractivity contribution in [2.24, 2.45) is 5.92 Å². The highest BCUT2D eigenvalue weighted by molar-refractivity contribution is 7.09. The quantitative estimate of drug-likeness (QED) is 0.472. The van der Waals surface area contributed by atoms with Crippen LogP contribution in [0.25, 0.3) is 6.08 Å². The summed E-state index contributed by atoms with van der Waals surface area (Å²) in [4.78, 5) is 28.3. The average Bonchev–Trinajstić information content (AvgIpc) is 3.18. The van der Waals surface area contributed by atoms with Crippen LogP contribution in [-0.2, 0) is 16.2 Å². The standard InChI is InChI=1S/C24H25N3O3S/c1-16(2)24(29)27-20-9-7-19(8-10-20)26-23(28)13-6-18-4-11-22(12-5-18)30-14-21-15-31-17(3)25-21/h4-13,15-16H,14H2,1-3H3,(H,26,28)(H,27,29)/b13-6+. The molecule has 2 aromatic carbocycles. The van der Waals surface area contributed by atoms with Crippen LogP contribution in [0.1, 0.15) is 30.1 Å². The minimum atomic E-state index is -0.238. The minimum Gasteiger partial charge on any atom is -0.487 e. The van der Waals surface area contributed by atoms with Crippen molar-refractivity contribution in [2.45, 2.75) is 27.4 Å². The fourth-order valence-electron chi connectivity index (χ4n) is 2.59. The van der Waals surface area contributed by atoms with Gasteiger partial charge in [-0.05, 0) is 55.0 Å². The number of hydrogen-bond donors (Lipinski definition) is 2. The van der Waals surface area contributed by atoms with E-state index in [4.69, 9.17) is 4.74 Å². The third-order valence-electron chi connectivity index (χ3n) is 4.30. The fourth-order valence-corrected chi connectivity index (χ4v) is 3.18. The number of carbonyl (C=O) groups is 2. The van der Waals surface area contributed by atoms with Crippen LogP contribution in [0.15, 0.2) is 60.0 Å². The highest BCUT2D eigenvalue weighted by Gasteiger charge is 2.07. The van der Waals surface area contributed by atoms with Gasteiger partial charge in [-0.3, -0.25) is 9.59 Å². The highest BCUT2D eigenvalue weighted by atomic mass is 32.1. The summed E-state index contributed by atoms with van der Waals surface area (Å²) in [6.07, 6.45) is 3.21. The second-order valence-corrected chi connectivity index (χ2v) is 8.32. The predicted octanol–water partition coefficient (Wildman–Crippen LogP) is 5.28. The van der Waals surface area contributed by atoms with Gasteiger partial charge in [0.05, 0.1) is 10.7 Å². The zero-order valence-corrected chi connectivity index (χ0v) is 18.5. The number of benzene rings is 2. The number of nitrogens with zero attached hydrogens (tertiary/aromatic N) is 1. The van der Waals surface area contributed by atoms with Crippen molar-refractivity contribution >= 4 is 40.6 Å². The van der Waals surface area contributed by atoms with Gasteiger partial charge in [-0.1, -0.05) is 26.0 Å². The molecule has 31 heavy (non-hydrogen) atoms. The van der Waals surface area contributed by atoms with E-state index in [0.29, 0.717) is 18.0 Å². The van der Waals surface area contributed by atoms with Crippen molar-refractivity contribution in [1.82, 2.24) is 4.98 Å². The normalized spacial score (nSPS) is 11.0. The smallest absolute Gasteiger partial charge is 0.248 e. The zero-order chi connectivity index (χ0) is 22.2. The molecule has 0 radical (unpaired) electrons. The van der Waals surface area contributed by atoms with Crippen molar-refractivity contribution in [3.8, 4) is 5.75 Å². The number of ether oxygens (including phenoxy) is 1. The molecule has 0 atom stereocenters. The maximum absolute atomic E-state index is 12.2. The van der Waals surface area contributed by atoms with Gasteiger partial charge in [0.15, 0.2) is 0 Å². The van der Waals surface area contributed by atoms with Gasteiger partial charge in [-0.25, -0.2) is 4.98 Å². The van der Waals surface area contributed by atoms with Crippen LogP contribution in [0.5, 0.6) is 5.75 Å². The largest absolute Gasteiger partial charge is 0.487 e. The first-order chi connectivity index (χ1) is 14.9. The Hall–Kier alpha value is -3.45. The lowest BCUT2D eigenvalue weighted by atomic mass is 10.2. The maximum Gasteiger partial charge on any atom is 0.248 e. The van der Waals surface area contributed by atoms with Gasteiger partial charge >= 0.3 is 0 Å². The summed E-state index contributed by atoms with van der Waals surface area (Å²) in [5, 5.41) is 8.62. The van der Waals surface area contributed by atoms with Gasteiger partial charge in [-0.15, -0.1) is 11.3 Å². The minimum absolute atomic E-state index is 0.0469. The predicted molar refractivity (Wildman–Crippen MR) is 125 cm³/mol. The summed E-state index contributed by atoms with van der Waals surface area (Å²) in [6, 6.07) is 14.5. The Kier molecular flexibility index (Phi) is 7.56. The summed E-state index contributed by atoms with van der Waals surface area (Å²) in [7, 11) is 0. The average molecular weight is 436 g/mol. The van der Waals surface area contributed by atoms with Crippen LogP contribution < -0.4 is 15.4 Å². The molecule has 7 heteroatoms. The van der Waals surface area contributed by atoms with Crippen molar-refractivity contribution < 1.29 is 14.3 Å². The summed E-state index contributed by atoms with van der Waals surface area (Å²) in [5.74, 6) is 0.372. The Balaban J connectivity index is 1.48. The first-order valence-electron chi connectivity index (χ1n) is 9.93. The number of anilines is 2. The Morgan fingerprint density at radius 1 is 1.03 bits per heavy atom. The molecule has 1 heterocycles. The molecule has 0 aliphatic rings. The van der Waals surface area contributed by atoms with Gasteiger partial charge < -0.3 is 15.4 Å². The van der Waals surface area contributed by atoms with Gasteiger partial charge in [0.1, 0.15) is 12.4 Å². The van der Waals surface area contributed by atoms with Gasteiger partial charge in [0, 0.05) is 28.7 Å². The van der Waals surface area contributed by atoms with Crippen LogP contribution in [0.4, 0.5) is 11.4 Å². The number of amides is 2. The first kappa shape index (κ1) is 22.2. The number of rotatable bonds is 8. The number of thiazole rings is 1. The monoisotopic (exact) mass is 435 g/mol. The molecule has 3 rings (SSSR count). The van der Waals surface area contributed by atoms with Crippen LogP contribution in [0.3, 0.4) is 0 Å². The van der Waals surface area contributed by atoms with E-state index in [1.165, 1.54) is 6.08 Å². The molecule has 1 aromatic heterocycles. The lowest BCUT2D eigenvalue weighted by Crippen LogP contribution is -2.17. The lowest BCUT2D eigenvalue weighted by Gasteiger charge is -2.08. The number of aromatic nitrogens is 1. The van der Waals surface area contributed by atoms with E-state index < -0.39 is 0 Å². The second-order valence-electron chi connectivity index (χ2n) is 7.26.